The van der Waals surface area contributed by atoms with Gasteiger partial charge in [-0.05, 0) is 36.4 Å². The van der Waals surface area contributed by atoms with Gasteiger partial charge in [0.1, 0.15) is 5.69 Å². The zero-order valence-corrected chi connectivity index (χ0v) is 19.8. The molecule has 0 saturated carbocycles. The molecule has 11 heteroatoms. The largest absolute Gasteiger partial charge is 0.493 e. The fourth-order valence-corrected chi connectivity index (χ4v) is 5.75. The van der Waals surface area contributed by atoms with Crippen molar-refractivity contribution < 1.29 is 27.1 Å². The number of hydrogen-bond acceptors (Lipinski definition) is 8. The van der Waals surface area contributed by atoms with Gasteiger partial charge in [0.05, 0.1) is 25.2 Å². The van der Waals surface area contributed by atoms with Crippen LogP contribution in [0.25, 0.3) is 22.4 Å². The van der Waals surface area contributed by atoms with Gasteiger partial charge in [-0.3, -0.25) is 10.1 Å². The molecule has 0 aliphatic carbocycles. The molecule has 34 heavy (non-hydrogen) atoms. The topological polar surface area (TPSA) is 111 Å². The van der Waals surface area contributed by atoms with Gasteiger partial charge in [-0.15, -0.1) is 11.3 Å². The number of nitrogens with one attached hydrogen (secondary N) is 1. The summed E-state index contributed by atoms with van der Waals surface area (Å²) in [5.74, 6) is 0.808. The van der Waals surface area contributed by atoms with E-state index in [1.54, 1.807) is 12.5 Å². The molecule has 0 spiro atoms. The Morgan fingerprint density at radius 1 is 1.15 bits per heavy atom. The Hall–Kier alpha value is -3.25. The van der Waals surface area contributed by atoms with E-state index in [1.807, 2.05) is 24.3 Å². The van der Waals surface area contributed by atoms with Crippen LogP contribution in [0.15, 0.2) is 63.2 Å². The number of rotatable bonds is 6. The van der Waals surface area contributed by atoms with Crippen LogP contribution in [0.2, 0.25) is 0 Å². The summed E-state index contributed by atoms with van der Waals surface area (Å²) in [7, 11) is -2.03. The molecular weight excluding hydrogens is 478 g/mol. The Morgan fingerprint density at radius 3 is 2.65 bits per heavy atom. The van der Waals surface area contributed by atoms with Crippen molar-refractivity contribution >= 4 is 43.4 Å². The lowest BCUT2D eigenvalue weighted by Gasteiger charge is -2.26. The summed E-state index contributed by atoms with van der Waals surface area (Å²) in [6.07, 6.45) is 0. The normalized spacial score (nSPS) is 14.9. The van der Waals surface area contributed by atoms with E-state index in [2.05, 4.69) is 10.3 Å². The highest BCUT2D eigenvalue weighted by Gasteiger charge is 2.26. The number of methoxy groups -OCH3 is 1. The minimum atomic E-state index is -3.61. The first kappa shape index (κ1) is 22.5. The molecule has 0 atom stereocenters. The predicted molar refractivity (Wildman–Crippen MR) is 128 cm³/mol. The lowest BCUT2D eigenvalue weighted by atomic mass is 10.2. The number of carbonyl (C=O) groups is 1. The number of hydrogen-bond donors (Lipinski definition) is 1. The first-order chi connectivity index (χ1) is 16.5. The zero-order valence-electron chi connectivity index (χ0n) is 18.2. The molecule has 1 N–H and O–H groups in total. The van der Waals surface area contributed by atoms with Crippen LogP contribution < -0.4 is 10.1 Å². The van der Waals surface area contributed by atoms with Gasteiger partial charge in [0, 0.05) is 29.4 Å². The van der Waals surface area contributed by atoms with Crippen molar-refractivity contribution in [3.05, 3.63) is 59.5 Å². The third kappa shape index (κ3) is 4.30. The second-order valence-electron chi connectivity index (χ2n) is 7.52. The van der Waals surface area contributed by atoms with Crippen LogP contribution in [0.5, 0.6) is 5.75 Å². The Kier molecular flexibility index (Phi) is 6.09. The van der Waals surface area contributed by atoms with Gasteiger partial charge >= 0.3 is 0 Å². The van der Waals surface area contributed by atoms with Crippen LogP contribution in [-0.2, 0) is 14.8 Å². The molecule has 1 fully saturated rings. The van der Waals surface area contributed by atoms with Crippen molar-refractivity contribution in [1.29, 1.82) is 0 Å². The predicted octanol–water partition coefficient (Wildman–Crippen LogP) is 3.84. The third-order valence-electron chi connectivity index (χ3n) is 5.43. The van der Waals surface area contributed by atoms with Crippen LogP contribution in [0.4, 0.5) is 5.13 Å². The molecule has 1 saturated heterocycles. The number of morpholine rings is 1. The first-order valence-electron chi connectivity index (χ1n) is 10.5. The number of carbonyl (C=O) groups excluding carboxylic acids is 1. The number of furan rings is 1. The van der Waals surface area contributed by atoms with E-state index in [1.165, 1.54) is 39.9 Å². The Morgan fingerprint density at radius 2 is 1.91 bits per heavy atom. The maximum atomic E-state index is 12.7. The number of para-hydroxylation sites is 1. The third-order valence-corrected chi connectivity index (χ3v) is 8.10. The summed E-state index contributed by atoms with van der Waals surface area (Å²) >= 11 is 1.26. The van der Waals surface area contributed by atoms with E-state index in [-0.39, 0.29) is 10.8 Å². The van der Waals surface area contributed by atoms with Crippen LogP contribution in [0.3, 0.4) is 0 Å². The minimum Gasteiger partial charge on any atom is -0.493 e. The van der Waals surface area contributed by atoms with Gasteiger partial charge in [0.15, 0.2) is 22.2 Å². The quantitative estimate of drug-likeness (QED) is 0.429. The molecule has 2 aromatic carbocycles. The average molecular weight is 500 g/mol. The smallest absolute Gasteiger partial charge is 0.257 e. The Labute approximate surface area is 200 Å². The van der Waals surface area contributed by atoms with E-state index in [9.17, 15) is 13.2 Å². The number of benzene rings is 2. The summed E-state index contributed by atoms with van der Waals surface area (Å²) in [6.45, 7) is 1.37. The molecule has 4 aromatic rings. The molecule has 9 nitrogen and oxygen atoms in total. The molecule has 176 valence electrons. The number of aromatic nitrogens is 1. The number of thiazole rings is 1. The number of anilines is 1. The van der Waals surface area contributed by atoms with Gasteiger partial charge < -0.3 is 13.9 Å². The number of sulfonamides is 1. The molecular formula is C23H21N3O6S2. The van der Waals surface area contributed by atoms with Gasteiger partial charge in [-0.25, -0.2) is 13.4 Å². The standard InChI is InChI=1S/C23H21N3O6S2/c1-30-19-4-2-3-16-13-20(32-21(16)19)18-14-33-23(24-18)25-22(27)15-5-7-17(8-6-15)34(28,29)26-9-11-31-12-10-26/h2-8,13-14H,9-12H2,1H3,(H,24,25,27). The van der Waals surface area contributed by atoms with Crippen molar-refractivity contribution in [3.8, 4) is 17.2 Å². The molecule has 0 unspecified atom stereocenters. The number of nitrogens with zero attached hydrogens (tertiary/aromatic N) is 2. The Bertz CT molecular complexity index is 1440. The summed E-state index contributed by atoms with van der Waals surface area (Å²) in [6, 6.07) is 13.3. The van der Waals surface area contributed by atoms with Gasteiger partial charge in [0.2, 0.25) is 10.0 Å². The van der Waals surface area contributed by atoms with Crippen LogP contribution >= 0.6 is 11.3 Å². The maximum absolute atomic E-state index is 12.7. The van der Waals surface area contributed by atoms with Gasteiger partial charge in [-0.1, -0.05) is 12.1 Å². The summed E-state index contributed by atoms with van der Waals surface area (Å²) < 4.78 is 43.3. The molecule has 0 radical (unpaired) electrons. The van der Waals surface area contributed by atoms with E-state index in [0.717, 1.165) is 5.39 Å². The number of amides is 1. The highest BCUT2D eigenvalue weighted by molar-refractivity contribution is 7.89. The molecule has 1 amide bonds. The molecule has 1 aliphatic rings. The zero-order chi connectivity index (χ0) is 23.7. The van der Waals surface area contributed by atoms with Crippen molar-refractivity contribution in [3.63, 3.8) is 0 Å². The van der Waals surface area contributed by atoms with E-state index < -0.39 is 10.0 Å². The second-order valence-corrected chi connectivity index (χ2v) is 10.3. The average Bonchev–Trinajstić information content (AvgIpc) is 3.51. The molecule has 2 aromatic heterocycles. The lowest BCUT2D eigenvalue weighted by molar-refractivity contribution is 0.0730. The van der Waals surface area contributed by atoms with Gasteiger partial charge in [0.25, 0.3) is 5.91 Å². The van der Waals surface area contributed by atoms with Crippen molar-refractivity contribution in [2.45, 2.75) is 4.90 Å². The minimum absolute atomic E-state index is 0.141. The fraction of sp³-hybridized carbons (Fsp3) is 0.217. The Balaban J connectivity index is 1.30. The maximum Gasteiger partial charge on any atom is 0.257 e. The van der Waals surface area contributed by atoms with E-state index in [4.69, 9.17) is 13.9 Å². The SMILES string of the molecule is COc1cccc2cc(-c3csc(NC(=O)c4ccc(S(=O)(=O)N5CCOCC5)cc4)n3)oc12. The van der Waals surface area contributed by atoms with Crippen LogP contribution in [0, 0.1) is 0 Å². The summed E-state index contributed by atoms with van der Waals surface area (Å²) in [5.41, 5.74) is 1.54. The molecule has 0 bridgehead atoms. The highest BCUT2D eigenvalue weighted by atomic mass is 32.2. The molecule has 5 rings (SSSR count). The highest BCUT2D eigenvalue weighted by Crippen LogP contribution is 2.34. The number of ether oxygens (including phenoxy) is 2. The lowest BCUT2D eigenvalue weighted by Crippen LogP contribution is -2.40. The van der Waals surface area contributed by atoms with Gasteiger partial charge in [-0.2, -0.15) is 4.31 Å². The second kappa shape index (κ2) is 9.18. The van der Waals surface area contributed by atoms with Crippen molar-refractivity contribution in [2.24, 2.45) is 0 Å². The monoisotopic (exact) mass is 499 g/mol. The van der Waals surface area contributed by atoms with Crippen molar-refractivity contribution in [1.82, 2.24) is 9.29 Å². The van der Waals surface area contributed by atoms with Crippen molar-refractivity contribution in [2.75, 3.05) is 38.7 Å². The molecule has 3 heterocycles. The summed E-state index contributed by atoms with van der Waals surface area (Å²) in [4.78, 5) is 17.3. The summed E-state index contributed by atoms with van der Waals surface area (Å²) in [5, 5.41) is 5.83. The van der Waals surface area contributed by atoms with Crippen LogP contribution in [0.1, 0.15) is 10.4 Å². The van der Waals surface area contributed by atoms with Crippen LogP contribution in [-0.4, -0.2) is 57.0 Å². The molecule has 1 aliphatic heterocycles. The first-order valence-corrected chi connectivity index (χ1v) is 12.8. The van der Waals surface area contributed by atoms with E-state index in [0.29, 0.717) is 59.8 Å². The fourth-order valence-electron chi connectivity index (χ4n) is 3.65. The number of fused-ring (bicyclic) bond motifs is 1. The van der Waals surface area contributed by atoms with E-state index >= 15 is 0 Å².